The maximum absolute atomic E-state index is 12.1. The quantitative estimate of drug-likeness (QED) is 0.408. The van der Waals surface area contributed by atoms with Crippen LogP contribution in [0.15, 0.2) is 30.3 Å². The molecule has 1 saturated heterocycles. The fourth-order valence-electron chi connectivity index (χ4n) is 1.92. The smallest absolute Gasteiger partial charge is 0.355 e. The fourth-order valence-corrected chi connectivity index (χ4v) is 2.61. The predicted molar refractivity (Wildman–Crippen MR) is 82.6 cm³/mol. The summed E-state index contributed by atoms with van der Waals surface area (Å²) in [6.45, 7) is 0. The lowest BCUT2D eigenvalue weighted by Gasteiger charge is -2.20. The Morgan fingerprint density at radius 1 is 1.25 bits per heavy atom. The molecule has 2 radical (unpaired) electrons. The van der Waals surface area contributed by atoms with E-state index in [1.54, 1.807) is 18.2 Å². The van der Waals surface area contributed by atoms with E-state index in [4.69, 9.17) is 31.1 Å². The van der Waals surface area contributed by atoms with Crippen LogP contribution < -0.4 is 0 Å². The van der Waals surface area contributed by atoms with Crippen molar-refractivity contribution in [1.29, 1.82) is 0 Å². The summed E-state index contributed by atoms with van der Waals surface area (Å²) >= 11 is 0. The van der Waals surface area contributed by atoms with Gasteiger partial charge in [0, 0.05) is 14.2 Å². The SMILES string of the molecule is [B]C1OC(OCP(=O)(OC)OC)C(OC(=O)c2ccccc2)C1=O. The van der Waals surface area contributed by atoms with Gasteiger partial charge in [-0.1, -0.05) is 18.2 Å². The van der Waals surface area contributed by atoms with Crippen molar-refractivity contribution < 1.29 is 37.4 Å². The molecule has 0 spiro atoms. The van der Waals surface area contributed by atoms with E-state index in [1.165, 1.54) is 26.4 Å². The van der Waals surface area contributed by atoms with Crippen molar-refractivity contribution in [2.75, 3.05) is 20.6 Å². The average Bonchev–Trinajstić information content (AvgIpc) is 2.88. The number of carbonyl (C=O) groups excluding carboxylic acids is 2. The molecular formula is C14H16BO8P. The highest BCUT2D eigenvalue weighted by molar-refractivity contribution is 7.53. The van der Waals surface area contributed by atoms with Crippen LogP contribution in [-0.2, 0) is 32.6 Å². The van der Waals surface area contributed by atoms with E-state index in [0.29, 0.717) is 0 Å². The highest BCUT2D eigenvalue weighted by Crippen LogP contribution is 2.46. The summed E-state index contributed by atoms with van der Waals surface area (Å²) in [6, 6.07) is 6.78. The van der Waals surface area contributed by atoms with Crippen LogP contribution in [0.1, 0.15) is 10.4 Å². The van der Waals surface area contributed by atoms with Crippen molar-refractivity contribution in [2.45, 2.75) is 18.4 Å². The van der Waals surface area contributed by atoms with Gasteiger partial charge in [0.1, 0.15) is 7.85 Å². The van der Waals surface area contributed by atoms with Gasteiger partial charge in [-0.2, -0.15) is 0 Å². The van der Waals surface area contributed by atoms with Gasteiger partial charge < -0.3 is 23.3 Å². The molecule has 0 saturated carbocycles. The van der Waals surface area contributed by atoms with E-state index in [-0.39, 0.29) is 5.56 Å². The number of hydrogen-bond donors (Lipinski definition) is 0. The van der Waals surface area contributed by atoms with Gasteiger partial charge in [-0.05, 0) is 12.1 Å². The molecule has 1 heterocycles. The lowest BCUT2D eigenvalue weighted by molar-refractivity contribution is -0.150. The number of rotatable bonds is 7. The zero-order chi connectivity index (χ0) is 17.7. The van der Waals surface area contributed by atoms with Gasteiger partial charge in [-0.3, -0.25) is 9.36 Å². The van der Waals surface area contributed by atoms with E-state index in [1.807, 2.05) is 0 Å². The monoisotopic (exact) mass is 354 g/mol. The Balaban J connectivity index is 2.06. The summed E-state index contributed by atoms with van der Waals surface area (Å²) in [5, 5.41) is 0. The Hall–Kier alpha value is -1.51. The number of Topliss-reactive ketones (excluding diaryl/α,β-unsaturated/α-hetero) is 1. The highest BCUT2D eigenvalue weighted by atomic mass is 31.2. The standard InChI is InChI=1S/C14H16BO8P/c1-19-24(18,20-2)8-21-14-11(10(16)12(15)23-14)22-13(17)9-6-4-3-5-7-9/h3-7,11-12,14H,8H2,1-2H3. The molecule has 1 aromatic carbocycles. The topological polar surface area (TPSA) is 97.4 Å². The Morgan fingerprint density at radius 2 is 1.88 bits per heavy atom. The van der Waals surface area contributed by atoms with Crippen LogP contribution in [0.2, 0.25) is 0 Å². The van der Waals surface area contributed by atoms with Crippen molar-refractivity contribution in [1.82, 2.24) is 0 Å². The zero-order valence-electron chi connectivity index (χ0n) is 13.1. The van der Waals surface area contributed by atoms with Crippen LogP contribution in [0.3, 0.4) is 0 Å². The van der Waals surface area contributed by atoms with E-state index < -0.39 is 44.1 Å². The minimum Gasteiger partial charge on any atom is -0.445 e. The molecule has 1 aliphatic rings. The van der Waals surface area contributed by atoms with Gasteiger partial charge in [0.2, 0.25) is 12.4 Å². The first-order valence-corrected chi connectivity index (χ1v) is 8.66. The fraction of sp³-hybridized carbons (Fsp3) is 0.429. The molecule has 0 amide bonds. The molecule has 10 heteroatoms. The molecule has 8 nitrogen and oxygen atoms in total. The minimum absolute atomic E-state index is 0.254. The van der Waals surface area contributed by atoms with Crippen molar-refractivity contribution in [3.05, 3.63) is 35.9 Å². The van der Waals surface area contributed by atoms with Crippen LogP contribution >= 0.6 is 7.60 Å². The van der Waals surface area contributed by atoms with Gasteiger partial charge >= 0.3 is 13.6 Å². The van der Waals surface area contributed by atoms with E-state index in [0.717, 1.165) is 0 Å². The van der Waals surface area contributed by atoms with Gasteiger partial charge in [0.15, 0.2) is 12.1 Å². The molecule has 1 fully saturated rings. The molecular weight excluding hydrogens is 338 g/mol. The number of carbonyl (C=O) groups is 2. The molecule has 3 unspecified atom stereocenters. The Morgan fingerprint density at radius 3 is 2.46 bits per heavy atom. The van der Waals surface area contributed by atoms with Crippen LogP contribution in [-0.4, -0.2) is 58.6 Å². The summed E-state index contributed by atoms with van der Waals surface area (Å²) in [5.41, 5.74) is 0.254. The summed E-state index contributed by atoms with van der Waals surface area (Å²) in [5.74, 6) is -1.39. The molecule has 2 rings (SSSR count). The molecule has 1 aromatic rings. The summed E-state index contributed by atoms with van der Waals surface area (Å²) in [7, 11) is 4.39. The van der Waals surface area contributed by atoms with E-state index in [2.05, 4.69) is 0 Å². The second-order valence-electron chi connectivity index (χ2n) is 4.79. The molecule has 3 atom stereocenters. The van der Waals surface area contributed by atoms with E-state index in [9.17, 15) is 14.2 Å². The second kappa shape index (κ2) is 8.05. The maximum atomic E-state index is 12.1. The van der Waals surface area contributed by atoms with Crippen LogP contribution in [0.5, 0.6) is 0 Å². The second-order valence-corrected chi connectivity index (χ2v) is 7.00. The molecule has 0 aromatic heterocycles. The average molecular weight is 354 g/mol. The molecule has 0 aliphatic carbocycles. The maximum Gasteiger partial charge on any atom is 0.355 e. The first-order valence-electron chi connectivity index (χ1n) is 6.93. The van der Waals surface area contributed by atoms with Crippen molar-refractivity contribution >= 4 is 27.2 Å². The van der Waals surface area contributed by atoms with Crippen molar-refractivity contribution in [2.24, 2.45) is 0 Å². The molecule has 128 valence electrons. The molecule has 1 aliphatic heterocycles. The molecule has 0 bridgehead atoms. The Kier molecular flexibility index (Phi) is 6.31. The predicted octanol–water partition coefficient (Wildman–Crippen LogP) is 1.09. The number of ether oxygens (including phenoxy) is 3. The molecule has 24 heavy (non-hydrogen) atoms. The zero-order valence-corrected chi connectivity index (χ0v) is 14.0. The van der Waals surface area contributed by atoms with Crippen molar-refractivity contribution in [3.8, 4) is 0 Å². The minimum atomic E-state index is -3.49. The number of hydrogen-bond acceptors (Lipinski definition) is 8. The summed E-state index contributed by atoms with van der Waals surface area (Å²) in [4.78, 5) is 24.1. The number of esters is 1. The summed E-state index contributed by atoms with van der Waals surface area (Å²) < 4.78 is 36.9. The third-order valence-corrected chi connectivity index (χ3v) is 4.86. The third-order valence-electron chi connectivity index (χ3n) is 3.29. The Labute approximate surface area is 140 Å². The normalized spacial score (nSPS) is 24.1. The van der Waals surface area contributed by atoms with Crippen molar-refractivity contribution in [3.63, 3.8) is 0 Å². The number of ketones is 1. The first kappa shape index (κ1) is 18.8. The van der Waals surface area contributed by atoms with E-state index >= 15 is 0 Å². The van der Waals surface area contributed by atoms with Crippen LogP contribution in [0, 0.1) is 0 Å². The summed E-state index contributed by atoms with van der Waals surface area (Å²) in [6.07, 6.45) is -3.18. The largest absolute Gasteiger partial charge is 0.445 e. The van der Waals surface area contributed by atoms with Gasteiger partial charge in [0.05, 0.1) is 11.6 Å². The van der Waals surface area contributed by atoms with Crippen LogP contribution in [0.4, 0.5) is 0 Å². The first-order chi connectivity index (χ1) is 11.4. The lowest BCUT2D eigenvalue weighted by atomic mass is 9.95. The highest BCUT2D eigenvalue weighted by Gasteiger charge is 2.45. The van der Waals surface area contributed by atoms with Crippen LogP contribution in [0.25, 0.3) is 0 Å². The van der Waals surface area contributed by atoms with Gasteiger partial charge in [0.25, 0.3) is 0 Å². The molecule has 0 N–H and O–H groups in total. The third kappa shape index (κ3) is 4.31. The Bertz CT molecular complexity index is 629. The number of benzene rings is 1. The van der Waals surface area contributed by atoms with Gasteiger partial charge in [-0.15, -0.1) is 0 Å². The van der Waals surface area contributed by atoms with Gasteiger partial charge in [-0.25, -0.2) is 4.79 Å². The lowest BCUT2D eigenvalue weighted by Crippen LogP contribution is -2.35.